The van der Waals surface area contributed by atoms with Gasteiger partial charge in [-0.1, -0.05) is 38.0 Å². The van der Waals surface area contributed by atoms with Gasteiger partial charge in [0.05, 0.1) is 0 Å². The van der Waals surface area contributed by atoms with Crippen molar-refractivity contribution in [1.29, 1.82) is 0 Å². The smallest absolute Gasteiger partial charge is 0.0248 e. The minimum atomic E-state index is 0.717. The van der Waals surface area contributed by atoms with Crippen molar-refractivity contribution in [2.45, 2.75) is 55.2 Å². The summed E-state index contributed by atoms with van der Waals surface area (Å²) in [5, 5.41) is 4.48. The molecule has 0 bridgehead atoms. The van der Waals surface area contributed by atoms with Crippen LogP contribution in [0.2, 0.25) is 0 Å². The molecule has 1 aromatic carbocycles. The average Bonchev–Trinajstić information content (AvgIpc) is 2.39. The molecule has 2 atom stereocenters. The Balaban J connectivity index is 1.92. The molecule has 1 aliphatic rings. The molecule has 1 aromatic rings. The van der Waals surface area contributed by atoms with Crippen LogP contribution in [-0.4, -0.2) is 17.8 Å². The summed E-state index contributed by atoms with van der Waals surface area (Å²) >= 11 is 2.06. The molecule has 1 fully saturated rings. The van der Waals surface area contributed by atoms with Crippen LogP contribution < -0.4 is 5.32 Å². The summed E-state index contributed by atoms with van der Waals surface area (Å²) < 4.78 is 0. The Morgan fingerprint density at radius 3 is 2.71 bits per heavy atom. The molecule has 1 N–H and O–H groups in total. The number of hydrogen-bond acceptors (Lipinski definition) is 2. The molecule has 1 nitrogen and oxygen atoms in total. The molecule has 0 amide bonds. The van der Waals surface area contributed by atoms with Gasteiger partial charge in [-0.3, -0.25) is 0 Å². The quantitative estimate of drug-likeness (QED) is 0.843. The SMILES string of the molecule is CCCNC1CCCCC1Sc1ccccc1. The summed E-state index contributed by atoms with van der Waals surface area (Å²) in [6.07, 6.45) is 6.74. The first-order valence-electron chi connectivity index (χ1n) is 6.85. The lowest BCUT2D eigenvalue weighted by Gasteiger charge is -2.32. The van der Waals surface area contributed by atoms with Gasteiger partial charge >= 0.3 is 0 Å². The monoisotopic (exact) mass is 249 g/mol. The number of benzene rings is 1. The van der Waals surface area contributed by atoms with E-state index in [0.717, 1.165) is 11.8 Å². The van der Waals surface area contributed by atoms with Crippen LogP contribution in [0.25, 0.3) is 0 Å². The van der Waals surface area contributed by atoms with Gasteiger partial charge in [0.2, 0.25) is 0 Å². The molecule has 0 aromatic heterocycles. The van der Waals surface area contributed by atoms with Crippen LogP contribution in [0.15, 0.2) is 35.2 Å². The molecule has 2 heteroatoms. The van der Waals surface area contributed by atoms with Crippen molar-refractivity contribution < 1.29 is 0 Å². The normalized spacial score (nSPS) is 24.8. The fourth-order valence-electron chi connectivity index (χ4n) is 2.48. The molecule has 0 radical (unpaired) electrons. The fraction of sp³-hybridized carbons (Fsp3) is 0.600. The highest BCUT2D eigenvalue weighted by molar-refractivity contribution is 8.00. The predicted octanol–water partition coefficient (Wildman–Crippen LogP) is 4.09. The van der Waals surface area contributed by atoms with Gasteiger partial charge in [0.15, 0.2) is 0 Å². The van der Waals surface area contributed by atoms with Crippen molar-refractivity contribution in [3.8, 4) is 0 Å². The Hall–Kier alpha value is -0.470. The zero-order valence-electron chi connectivity index (χ0n) is 10.7. The molecule has 2 unspecified atom stereocenters. The maximum Gasteiger partial charge on any atom is 0.0248 e. The van der Waals surface area contributed by atoms with E-state index in [4.69, 9.17) is 0 Å². The number of nitrogens with one attached hydrogen (secondary N) is 1. The van der Waals surface area contributed by atoms with Gasteiger partial charge in [-0.15, -0.1) is 11.8 Å². The number of rotatable bonds is 5. The van der Waals surface area contributed by atoms with Crippen LogP contribution in [0.1, 0.15) is 39.0 Å². The van der Waals surface area contributed by atoms with Crippen LogP contribution in [0.3, 0.4) is 0 Å². The van der Waals surface area contributed by atoms with E-state index in [0.29, 0.717) is 6.04 Å². The molecule has 0 saturated heterocycles. The minimum Gasteiger partial charge on any atom is -0.313 e. The maximum atomic E-state index is 3.72. The molecule has 0 spiro atoms. The lowest BCUT2D eigenvalue weighted by atomic mass is 9.95. The molecule has 2 rings (SSSR count). The standard InChI is InChI=1S/C15H23NS/c1-2-12-16-14-10-6-7-11-15(14)17-13-8-4-3-5-9-13/h3-5,8-9,14-16H,2,6-7,10-12H2,1H3. The van der Waals surface area contributed by atoms with Gasteiger partial charge < -0.3 is 5.32 Å². The van der Waals surface area contributed by atoms with Crippen molar-refractivity contribution >= 4 is 11.8 Å². The highest BCUT2D eigenvalue weighted by Gasteiger charge is 2.25. The summed E-state index contributed by atoms with van der Waals surface area (Å²) in [7, 11) is 0. The second kappa shape index (κ2) is 7.07. The van der Waals surface area contributed by atoms with E-state index in [2.05, 4.69) is 54.3 Å². The fourth-order valence-corrected chi connectivity index (χ4v) is 3.82. The first-order chi connectivity index (χ1) is 8.40. The average molecular weight is 249 g/mol. The van der Waals surface area contributed by atoms with Crippen molar-refractivity contribution in [2.75, 3.05) is 6.54 Å². The van der Waals surface area contributed by atoms with Crippen LogP contribution in [0.5, 0.6) is 0 Å². The third-order valence-corrected chi connectivity index (χ3v) is 4.80. The third-order valence-electron chi connectivity index (χ3n) is 3.39. The van der Waals surface area contributed by atoms with Crippen LogP contribution >= 0.6 is 11.8 Å². The van der Waals surface area contributed by atoms with Crippen molar-refractivity contribution in [1.82, 2.24) is 5.32 Å². The van der Waals surface area contributed by atoms with Gasteiger partial charge in [-0.25, -0.2) is 0 Å². The van der Waals surface area contributed by atoms with Gasteiger partial charge in [0.1, 0.15) is 0 Å². The van der Waals surface area contributed by atoms with E-state index in [9.17, 15) is 0 Å². The second-order valence-corrected chi connectivity index (χ2v) is 6.13. The summed E-state index contributed by atoms with van der Waals surface area (Å²) in [4.78, 5) is 1.42. The second-order valence-electron chi connectivity index (χ2n) is 4.81. The zero-order chi connectivity index (χ0) is 11.9. The van der Waals surface area contributed by atoms with E-state index in [-0.39, 0.29) is 0 Å². The van der Waals surface area contributed by atoms with E-state index >= 15 is 0 Å². The lowest BCUT2D eigenvalue weighted by Crippen LogP contribution is -2.40. The minimum absolute atomic E-state index is 0.717. The van der Waals surface area contributed by atoms with Gasteiger partial charge in [0, 0.05) is 16.2 Å². The van der Waals surface area contributed by atoms with Crippen molar-refractivity contribution in [2.24, 2.45) is 0 Å². The Labute approximate surface area is 109 Å². The topological polar surface area (TPSA) is 12.0 Å². The summed E-state index contributed by atoms with van der Waals surface area (Å²) in [5.74, 6) is 0. The Morgan fingerprint density at radius 2 is 1.94 bits per heavy atom. The third kappa shape index (κ3) is 4.04. The number of hydrogen-bond donors (Lipinski definition) is 1. The molecular weight excluding hydrogens is 226 g/mol. The van der Waals surface area contributed by atoms with E-state index in [1.54, 1.807) is 0 Å². The summed E-state index contributed by atoms with van der Waals surface area (Å²) in [5.41, 5.74) is 0. The van der Waals surface area contributed by atoms with Crippen LogP contribution in [-0.2, 0) is 0 Å². The molecule has 94 valence electrons. The highest BCUT2D eigenvalue weighted by Crippen LogP contribution is 2.33. The molecular formula is C15H23NS. The first kappa shape index (κ1) is 13.0. The van der Waals surface area contributed by atoms with Crippen molar-refractivity contribution in [3.63, 3.8) is 0 Å². The lowest BCUT2D eigenvalue weighted by molar-refractivity contribution is 0.384. The zero-order valence-corrected chi connectivity index (χ0v) is 11.5. The largest absolute Gasteiger partial charge is 0.313 e. The molecule has 1 saturated carbocycles. The van der Waals surface area contributed by atoms with Crippen LogP contribution in [0.4, 0.5) is 0 Å². The summed E-state index contributed by atoms with van der Waals surface area (Å²) in [6, 6.07) is 11.6. The molecule has 0 aliphatic heterocycles. The Kier molecular flexibility index (Phi) is 5.40. The Morgan fingerprint density at radius 1 is 1.18 bits per heavy atom. The van der Waals surface area contributed by atoms with Crippen molar-refractivity contribution in [3.05, 3.63) is 30.3 Å². The van der Waals surface area contributed by atoms with Gasteiger partial charge in [0.25, 0.3) is 0 Å². The maximum absolute atomic E-state index is 3.72. The van der Waals surface area contributed by atoms with E-state index < -0.39 is 0 Å². The Bertz CT molecular complexity index is 312. The summed E-state index contributed by atoms with van der Waals surface area (Å²) in [6.45, 7) is 3.41. The van der Waals surface area contributed by atoms with E-state index in [1.165, 1.54) is 37.0 Å². The number of thioether (sulfide) groups is 1. The molecule has 1 aliphatic carbocycles. The van der Waals surface area contributed by atoms with Crippen LogP contribution in [0, 0.1) is 0 Å². The molecule has 17 heavy (non-hydrogen) atoms. The molecule has 0 heterocycles. The van der Waals surface area contributed by atoms with Gasteiger partial charge in [-0.05, 0) is 37.9 Å². The first-order valence-corrected chi connectivity index (χ1v) is 7.73. The highest BCUT2D eigenvalue weighted by atomic mass is 32.2. The van der Waals surface area contributed by atoms with Gasteiger partial charge in [-0.2, -0.15) is 0 Å². The predicted molar refractivity (Wildman–Crippen MR) is 76.6 cm³/mol. The van der Waals surface area contributed by atoms with E-state index in [1.807, 2.05) is 0 Å².